The second-order valence-corrected chi connectivity index (χ2v) is 13.5. The minimum atomic E-state index is -1.58. The molecule has 1 rings (SSSR count). The van der Waals surface area contributed by atoms with Crippen LogP contribution >= 0.6 is 10.2 Å². The molecule has 0 N–H and O–H groups in total. The molecule has 3 heteroatoms. The fourth-order valence-electron chi connectivity index (χ4n) is 1.92. The number of rotatable bonds is 6. The smallest absolute Gasteiger partial charge is 0.156 e. The summed E-state index contributed by atoms with van der Waals surface area (Å²) in [5, 5.41) is 2.12. The zero-order valence-corrected chi connectivity index (χ0v) is 13.8. The van der Waals surface area contributed by atoms with E-state index < -0.39 is 18.4 Å². The lowest BCUT2D eigenvalue weighted by Gasteiger charge is -2.48. The van der Waals surface area contributed by atoms with Crippen molar-refractivity contribution in [3.63, 3.8) is 0 Å². The fourth-order valence-corrected chi connectivity index (χ4v) is 8.67. The lowest BCUT2D eigenvalue weighted by Crippen LogP contribution is -2.46. The third-order valence-electron chi connectivity index (χ3n) is 3.29. The SMILES string of the molecule is C=C[Si](C)(C)N(Cc1ccccc1)S(C)(C)C=C. The van der Waals surface area contributed by atoms with E-state index in [-0.39, 0.29) is 0 Å². The van der Waals surface area contributed by atoms with Crippen LogP contribution in [0.3, 0.4) is 0 Å². The summed E-state index contributed by atoms with van der Waals surface area (Å²) in [5.41, 5.74) is 3.52. The van der Waals surface area contributed by atoms with Crippen LogP contribution in [0.15, 0.2) is 54.6 Å². The molecule has 1 nitrogen and oxygen atoms in total. The van der Waals surface area contributed by atoms with Gasteiger partial charge in [-0.05, 0) is 23.5 Å². The summed E-state index contributed by atoms with van der Waals surface area (Å²) in [5.74, 6) is 0. The van der Waals surface area contributed by atoms with Crippen molar-refractivity contribution in [3.05, 3.63) is 60.2 Å². The van der Waals surface area contributed by atoms with Crippen LogP contribution < -0.4 is 0 Å². The van der Waals surface area contributed by atoms with Crippen LogP contribution in [0.25, 0.3) is 0 Å². The van der Waals surface area contributed by atoms with Gasteiger partial charge < -0.3 is 0 Å². The zero-order chi connectivity index (χ0) is 13.8. The van der Waals surface area contributed by atoms with Gasteiger partial charge in [-0.25, -0.2) is 0 Å². The van der Waals surface area contributed by atoms with E-state index in [4.69, 9.17) is 0 Å². The maximum Gasteiger partial charge on any atom is 0.156 e. The summed E-state index contributed by atoms with van der Waals surface area (Å²) < 4.78 is 2.63. The van der Waals surface area contributed by atoms with Crippen LogP contribution in [0.5, 0.6) is 0 Å². The molecule has 0 atom stereocenters. The van der Waals surface area contributed by atoms with Gasteiger partial charge in [0, 0.05) is 6.54 Å². The number of nitrogens with zero attached hydrogens (tertiary/aromatic N) is 1. The van der Waals surface area contributed by atoms with Crippen LogP contribution in [0.4, 0.5) is 0 Å². The van der Waals surface area contributed by atoms with Gasteiger partial charge in [0.05, 0.1) is 0 Å². The van der Waals surface area contributed by atoms with Crippen molar-refractivity contribution in [3.8, 4) is 0 Å². The molecule has 0 unspecified atom stereocenters. The molecular formula is C15H25NSSi. The first-order chi connectivity index (χ1) is 8.33. The van der Waals surface area contributed by atoms with E-state index in [1.807, 2.05) is 0 Å². The molecule has 0 aliphatic rings. The Labute approximate surface area is 115 Å². The lowest BCUT2D eigenvalue weighted by molar-refractivity contribution is 0.669. The first kappa shape index (κ1) is 15.3. The van der Waals surface area contributed by atoms with Gasteiger partial charge >= 0.3 is 0 Å². The van der Waals surface area contributed by atoms with Gasteiger partial charge in [-0.3, -0.25) is 3.97 Å². The molecule has 0 saturated heterocycles. The summed E-state index contributed by atoms with van der Waals surface area (Å²) in [7, 11) is -2.52. The molecule has 0 amide bonds. The number of benzene rings is 1. The van der Waals surface area contributed by atoms with E-state index in [0.717, 1.165) is 6.54 Å². The Bertz CT molecular complexity index is 392. The molecule has 0 fully saturated rings. The van der Waals surface area contributed by atoms with E-state index in [9.17, 15) is 0 Å². The van der Waals surface area contributed by atoms with E-state index in [1.54, 1.807) is 0 Å². The summed E-state index contributed by atoms with van der Waals surface area (Å²) in [6, 6.07) is 10.7. The highest BCUT2D eigenvalue weighted by atomic mass is 32.3. The molecule has 0 aromatic heterocycles. The Morgan fingerprint density at radius 3 is 2.17 bits per heavy atom. The predicted molar refractivity (Wildman–Crippen MR) is 89.3 cm³/mol. The van der Waals surface area contributed by atoms with Gasteiger partial charge in [0.15, 0.2) is 8.24 Å². The van der Waals surface area contributed by atoms with Crippen LogP contribution in [0.2, 0.25) is 13.1 Å². The van der Waals surface area contributed by atoms with Gasteiger partial charge in [-0.1, -0.05) is 55.7 Å². The van der Waals surface area contributed by atoms with Crippen molar-refractivity contribution >= 4 is 18.4 Å². The normalized spacial score (nSPS) is 13.4. The molecule has 0 saturated carbocycles. The van der Waals surface area contributed by atoms with E-state index >= 15 is 0 Å². The van der Waals surface area contributed by atoms with Crippen molar-refractivity contribution in [1.29, 1.82) is 0 Å². The first-order valence-corrected chi connectivity index (χ1v) is 11.6. The summed E-state index contributed by atoms with van der Waals surface area (Å²) >= 11 is 0. The average molecular weight is 280 g/mol. The predicted octanol–water partition coefficient (Wildman–Crippen LogP) is 4.54. The number of hydrogen-bond donors (Lipinski definition) is 0. The lowest BCUT2D eigenvalue weighted by atomic mass is 10.2. The van der Waals surface area contributed by atoms with Crippen LogP contribution in [-0.4, -0.2) is 24.7 Å². The van der Waals surface area contributed by atoms with Crippen molar-refractivity contribution in [2.75, 3.05) is 12.5 Å². The third kappa shape index (κ3) is 3.61. The standard InChI is InChI=1S/C15H25NSSi/c1-7-17(3,4)16(18(5,6)8-2)14-15-12-10-9-11-13-15/h7-13H,1-2,14H2,3-6H3. The Kier molecular flexibility index (Phi) is 5.02. The third-order valence-corrected chi connectivity index (χ3v) is 10.6. The topological polar surface area (TPSA) is 3.24 Å². The van der Waals surface area contributed by atoms with E-state index in [2.05, 4.69) is 84.2 Å². The van der Waals surface area contributed by atoms with Crippen LogP contribution in [-0.2, 0) is 6.54 Å². The van der Waals surface area contributed by atoms with E-state index in [1.165, 1.54) is 5.56 Å². The summed E-state index contributed by atoms with van der Waals surface area (Å²) in [6.45, 7) is 13.8. The largest absolute Gasteiger partial charge is 0.277 e. The Balaban J connectivity index is 3.07. The maximum atomic E-state index is 4.04. The molecule has 1 aromatic carbocycles. The molecular weight excluding hydrogens is 254 g/mol. The van der Waals surface area contributed by atoms with Crippen LogP contribution in [0.1, 0.15) is 5.56 Å². The molecule has 0 aliphatic heterocycles. The highest BCUT2D eigenvalue weighted by molar-refractivity contribution is 8.33. The Morgan fingerprint density at radius 2 is 1.72 bits per heavy atom. The highest BCUT2D eigenvalue weighted by Gasteiger charge is 2.33. The zero-order valence-electron chi connectivity index (χ0n) is 12.0. The average Bonchev–Trinajstić information content (AvgIpc) is 2.37. The van der Waals surface area contributed by atoms with Crippen molar-refractivity contribution < 1.29 is 0 Å². The second-order valence-electron chi connectivity index (χ2n) is 5.40. The molecule has 0 radical (unpaired) electrons. The molecule has 1 aromatic rings. The van der Waals surface area contributed by atoms with E-state index in [0.29, 0.717) is 0 Å². The van der Waals surface area contributed by atoms with Gasteiger partial charge in [0.1, 0.15) is 0 Å². The summed E-state index contributed by atoms with van der Waals surface area (Å²) in [4.78, 5) is 0. The minimum absolute atomic E-state index is 0.941. The molecule has 0 heterocycles. The molecule has 18 heavy (non-hydrogen) atoms. The minimum Gasteiger partial charge on any atom is -0.277 e. The fraction of sp³-hybridized carbons (Fsp3) is 0.333. The van der Waals surface area contributed by atoms with Gasteiger partial charge in [0.2, 0.25) is 0 Å². The van der Waals surface area contributed by atoms with Crippen molar-refractivity contribution in [2.24, 2.45) is 0 Å². The first-order valence-electron chi connectivity index (χ1n) is 6.14. The molecule has 0 aliphatic carbocycles. The second kappa shape index (κ2) is 5.91. The number of hydrogen-bond acceptors (Lipinski definition) is 1. The monoisotopic (exact) mass is 279 g/mol. The van der Waals surface area contributed by atoms with Gasteiger partial charge in [-0.2, -0.15) is 10.2 Å². The molecule has 0 spiro atoms. The Morgan fingerprint density at radius 1 is 1.17 bits per heavy atom. The van der Waals surface area contributed by atoms with Gasteiger partial charge in [0.25, 0.3) is 0 Å². The maximum absolute atomic E-state index is 4.04. The summed E-state index contributed by atoms with van der Waals surface area (Å²) in [6.07, 6.45) is 4.61. The molecule has 0 bridgehead atoms. The quantitative estimate of drug-likeness (QED) is 0.691. The Hall–Kier alpha value is -0.773. The highest BCUT2D eigenvalue weighted by Crippen LogP contribution is 2.49. The van der Waals surface area contributed by atoms with Crippen molar-refractivity contribution in [1.82, 2.24) is 3.97 Å². The van der Waals surface area contributed by atoms with Crippen LogP contribution in [0, 0.1) is 0 Å². The van der Waals surface area contributed by atoms with Crippen molar-refractivity contribution in [2.45, 2.75) is 19.6 Å². The van der Waals surface area contributed by atoms with Gasteiger partial charge in [-0.15, -0.1) is 6.58 Å². The molecule has 100 valence electrons.